The van der Waals surface area contributed by atoms with Gasteiger partial charge in [-0.1, -0.05) is 32.0 Å². The zero-order valence-corrected chi connectivity index (χ0v) is 14.3. The van der Waals surface area contributed by atoms with Crippen LogP contribution in [0.25, 0.3) is 22.7 Å². The van der Waals surface area contributed by atoms with E-state index in [0.717, 1.165) is 22.3 Å². The van der Waals surface area contributed by atoms with Crippen LogP contribution < -0.4 is 0 Å². The Balaban J connectivity index is 1.98. The molecule has 3 rings (SSSR count). The third-order valence-corrected chi connectivity index (χ3v) is 3.77. The molecular weight excluding hydrogens is 317 g/mol. The molecule has 0 aliphatic carbocycles. The number of nitrogens with zero attached hydrogens (tertiary/aromatic N) is 1. The predicted molar refractivity (Wildman–Crippen MR) is 98.1 cm³/mol. The molecule has 0 N–H and O–H groups in total. The molecule has 4 heteroatoms. The maximum atomic E-state index is 13.3. The predicted octanol–water partition coefficient (Wildman–Crippen LogP) is 4.98. The van der Waals surface area contributed by atoms with Gasteiger partial charge in [0.1, 0.15) is 5.82 Å². The lowest BCUT2D eigenvalue weighted by Crippen LogP contribution is -2.07. The highest BCUT2D eigenvalue weighted by atomic mass is 19.1. The van der Waals surface area contributed by atoms with Crippen LogP contribution in [0, 0.1) is 11.7 Å². The number of fused-ring (bicyclic) bond motifs is 1. The molecule has 0 amide bonds. The summed E-state index contributed by atoms with van der Waals surface area (Å²) in [6.45, 7) is 4.37. The molecule has 0 radical (unpaired) electrons. The first-order valence-corrected chi connectivity index (χ1v) is 8.26. The van der Waals surface area contributed by atoms with Gasteiger partial charge in [0.2, 0.25) is 0 Å². The first-order valence-electron chi connectivity index (χ1n) is 8.26. The Morgan fingerprint density at radius 3 is 2.60 bits per heavy atom. The summed E-state index contributed by atoms with van der Waals surface area (Å²) in [6, 6.07) is 16.2. The minimum atomic E-state index is -0.371. The van der Waals surface area contributed by atoms with Gasteiger partial charge in [-0.3, -0.25) is 0 Å². The summed E-state index contributed by atoms with van der Waals surface area (Å²) in [5, 5.41) is 1.04. The zero-order valence-electron chi connectivity index (χ0n) is 14.3. The van der Waals surface area contributed by atoms with Crippen molar-refractivity contribution in [1.82, 2.24) is 4.57 Å². The first-order chi connectivity index (χ1) is 12.0. The van der Waals surface area contributed by atoms with Crippen LogP contribution in [0.5, 0.6) is 0 Å². The van der Waals surface area contributed by atoms with Crippen molar-refractivity contribution >= 4 is 22.9 Å². The maximum Gasteiger partial charge on any atom is 0.330 e. The number of halogens is 1. The normalized spacial score (nSPS) is 11.5. The summed E-state index contributed by atoms with van der Waals surface area (Å²) in [6.07, 6.45) is 3.16. The van der Waals surface area contributed by atoms with Gasteiger partial charge in [0.15, 0.2) is 0 Å². The van der Waals surface area contributed by atoms with E-state index in [4.69, 9.17) is 4.74 Å². The van der Waals surface area contributed by atoms with Gasteiger partial charge in [-0.2, -0.15) is 0 Å². The fraction of sp³-hybridized carbons (Fsp3) is 0.190. The lowest BCUT2D eigenvalue weighted by atomic mass is 10.2. The number of para-hydroxylation sites is 1. The van der Waals surface area contributed by atoms with Gasteiger partial charge in [-0.15, -0.1) is 0 Å². The summed E-state index contributed by atoms with van der Waals surface area (Å²) in [5.74, 6) is -0.359. The third kappa shape index (κ3) is 3.97. The molecule has 0 saturated carbocycles. The average molecular weight is 337 g/mol. The summed E-state index contributed by atoms with van der Waals surface area (Å²) in [4.78, 5) is 11.9. The van der Waals surface area contributed by atoms with Crippen molar-refractivity contribution in [3.63, 3.8) is 0 Å². The molecule has 128 valence electrons. The van der Waals surface area contributed by atoms with Gasteiger partial charge in [-0.05, 0) is 48.4 Å². The van der Waals surface area contributed by atoms with Crippen molar-refractivity contribution < 1.29 is 13.9 Å². The Hall–Kier alpha value is -2.88. The number of esters is 1. The van der Waals surface area contributed by atoms with Gasteiger partial charge in [0, 0.05) is 22.8 Å². The number of benzene rings is 2. The smallest absolute Gasteiger partial charge is 0.330 e. The highest BCUT2D eigenvalue weighted by molar-refractivity contribution is 5.90. The Morgan fingerprint density at radius 1 is 1.16 bits per heavy atom. The van der Waals surface area contributed by atoms with Crippen LogP contribution in [0.2, 0.25) is 0 Å². The second-order valence-corrected chi connectivity index (χ2v) is 6.30. The molecule has 0 bridgehead atoms. The Labute approximate surface area is 146 Å². The van der Waals surface area contributed by atoms with E-state index in [1.807, 2.05) is 48.7 Å². The van der Waals surface area contributed by atoms with Crippen LogP contribution in [0.15, 0.2) is 60.7 Å². The molecule has 0 spiro atoms. The van der Waals surface area contributed by atoms with Crippen molar-refractivity contribution in [2.75, 3.05) is 6.61 Å². The molecule has 0 aliphatic heterocycles. The quantitative estimate of drug-likeness (QED) is 0.485. The Morgan fingerprint density at radius 2 is 1.88 bits per heavy atom. The number of carbonyl (C=O) groups excluding carboxylic acids is 1. The average Bonchev–Trinajstić information content (AvgIpc) is 2.97. The molecule has 0 aliphatic rings. The van der Waals surface area contributed by atoms with E-state index in [-0.39, 0.29) is 11.8 Å². The fourth-order valence-corrected chi connectivity index (χ4v) is 2.63. The van der Waals surface area contributed by atoms with Crippen molar-refractivity contribution in [3.8, 4) is 5.69 Å². The highest BCUT2D eigenvalue weighted by Crippen LogP contribution is 2.25. The monoisotopic (exact) mass is 337 g/mol. The van der Waals surface area contributed by atoms with E-state index in [2.05, 4.69) is 0 Å². The van der Waals surface area contributed by atoms with Crippen molar-refractivity contribution in [2.45, 2.75) is 13.8 Å². The van der Waals surface area contributed by atoms with Gasteiger partial charge >= 0.3 is 5.97 Å². The molecule has 0 unspecified atom stereocenters. The van der Waals surface area contributed by atoms with E-state index in [1.54, 1.807) is 18.2 Å². The first kappa shape index (κ1) is 17.0. The number of rotatable bonds is 5. The molecule has 1 aromatic heterocycles. The van der Waals surface area contributed by atoms with Crippen LogP contribution in [-0.2, 0) is 9.53 Å². The van der Waals surface area contributed by atoms with Gasteiger partial charge in [0.05, 0.1) is 12.1 Å². The lowest BCUT2D eigenvalue weighted by molar-refractivity contribution is -0.138. The highest BCUT2D eigenvalue weighted by Gasteiger charge is 2.09. The molecule has 0 atom stereocenters. The molecule has 2 aromatic carbocycles. The van der Waals surface area contributed by atoms with Crippen LogP contribution in [0.4, 0.5) is 4.39 Å². The van der Waals surface area contributed by atoms with Crippen LogP contribution in [0.1, 0.15) is 19.5 Å². The summed E-state index contributed by atoms with van der Waals surface area (Å²) in [7, 11) is 0. The minimum Gasteiger partial charge on any atom is -0.462 e. The number of hydrogen-bond donors (Lipinski definition) is 0. The van der Waals surface area contributed by atoms with E-state index < -0.39 is 0 Å². The van der Waals surface area contributed by atoms with E-state index >= 15 is 0 Å². The van der Waals surface area contributed by atoms with E-state index in [1.165, 1.54) is 18.2 Å². The molecular formula is C21H20FNO2. The topological polar surface area (TPSA) is 31.2 Å². The largest absolute Gasteiger partial charge is 0.462 e. The number of hydrogen-bond acceptors (Lipinski definition) is 2. The molecule has 3 nitrogen and oxygen atoms in total. The van der Waals surface area contributed by atoms with Crippen LogP contribution >= 0.6 is 0 Å². The number of ether oxygens (including phenoxy) is 1. The van der Waals surface area contributed by atoms with E-state index in [9.17, 15) is 9.18 Å². The summed E-state index contributed by atoms with van der Waals surface area (Å²) in [5.41, 5.74) is 2.65. The number of aromatic nitrogens is 1. The summed E-state index contributed by atoms with van der Waals surface area (Å²) < 4.78 is 20.4. The van der Waals surface area contributed by atoms with E-state index in [0.29, 0.717) is 12.5 Å². The Bertz CT molecular complexity index is 907. The standard InChI is InChI=1S/C21H20FNO2/c1-15(2)14-25-21(24)12-11-19-13-16-5-3-4-6-20(16)23(19)18-9-7-17(22)8-10-18/h3-13,15H,14H2,1-2H3/b12-11+. The van der Waals surface area contributed by atoms with Gasteiger partial charge in [0.25, 0.3) is 0 Å². The second kappa shape index (κ2) is 7.34. The summed E-state index contributed by atoms with van der Waals surface area (Å²) >= 11 is 0. The lowest BCUT2D eigenvalue weighted by Gasteiger charge is -2.09. The zero-order chi connectivity index (χ0) is 17.8. The van der Waals surface area contributed by atoms with Crippen molar-refractivity contribution in [1.29, 1.82) is 0 Å². The van der Waals surface area contributed by atoms with Crippen LogP contribution in [-0.4, -0.2) is 17.1 Å². The molecule has 3 aromatic rings. The third-order valence-electron chi connectivity index (χ3n) is 3.77. The molecule has 1 heterocycles. The molecule has 25 heavy (non-hydrogen) atoms. The minimum absolute atomic E-state index is 0.283. The fourth-order valence-electron chi connectivity index (χ4n) is 2.63. The van der Waals surface area contributed by atoms with Crippen LogP contribution in [0.3, 0.4) is 0 Å². The second-order valence-electron chi connectivity index (χ2n) is 6.30. The molecule has 0 fully saturated rings. The maximum absolute atomic E-state index is 13.3. The number of carbonyl (C=O) groups is 1. The Kier molecular flexibility index (Phi) is 4.98. The van der Waals surface area contributed by atoms with Crippen molar-refractivity contribution in [3.05, 3.63) is 72.2 Å². The molecule has 0 saturated heterocycles. The van der Waals surface area contributed by atoms with Crippen molar-refractivity contribution in [2.24, 2.45) is 5.92 Å². The SMILES string of the molecule is CC(C)COC(=O)/C=C/c1cc2ccccc2n1-c1ccc(F)cc1. The van der Waals surface area contributed by atoms with Gasteiger partial charge < -0.3 is 9.30 Å². The van der Waals surface area contributed by atoms with Gasteiger partial charge in [-0.25, -0.2) is 9.18 Å².